The Bertz CT molecular complexity index is 742. The largest absolute Gasteiger partial charge is 0.187 e. The molecule has 0 bridgehead atoms. The van der Waals surface area contributed by atoms with E-state index in [2.05, 4.69) is 22.8 Å². The average Bonchev–Trinajstić information content (AvgIpc) is 2.90. The number of aryl methyl sites for hydroxylation is 1. The quantitative estimate of drug-likeness (QED) is 0.718. The van der Waals surface area contributed by atoms with Crippen LogP contribution in [-0.2, 0) is 7.05 Å². The van der Waals surface area contributed by atoms with Gasteiger partial charge in [-0.15, -0.1) is 0 Å². The molecular formula is C17H15N3. The maximum absolute atomic E-state index is 4.50. The second kappa shape index (κ2) is 5.13. The molecule has 20 heavy (non-hydrogen) atoms. The van der Waals surface area contributed by atoms with Gasteiger partial charge < -0.3 is 0 Å². The number of nitrogens with zero attached hydrogens (tertiary/aromatic N) is 3. The van der Waals surface area contributed by atoms with Gasteiger partial charge in [0.05, 0.1) is 0 Å². The Kier molecular flexibility index (Phi) is 3.17. The lowest BCUT2D eigenvalue weighted by Crippen LogP contribution is -1.92. The number of rotatable bonds is 3. The SMILES string of the molecule is C=Cc1cccc(-c2nn(C)nc2-c2ccccc2)c1. The summed E-state index contributed by atoms with van der Waals surface area (Å²) in [4.78, 5) is 1.61. The molecule has 0 saturated heterocycles. The monoisotopic (exact) mass is 261 g/mol. The van der Waals surface area contributed by atoms with E-state index in [4.69, 9.17) is 0 Å². The highest BCUT2D eigenvalue weighted by Crippen LogP contribution is 2.29. The molecule has 0 fully saturated rings. The van der Waals surface area contributed by atoms with Crippen molar-refractivity contribution in [2.24, 2.45) is 7.05 Å². The molecule has 0 atom stereocenters. The van der Waals surface area contributed by atoms with Crippen LogP contribution in [0, 0.1) is 0 Å². The maximum atomic E-state index is 4.50. The van der Waals surface area contributed by atoms with Gasteiger partial charge in [0.2, 0.25) is 0 Å². The summed E-state index contributed by atoms with van der Waals surface area (Å²) in [5, 5.41) is 9.00. The third-order valence-corrected chi connectivity index (χ3v) is 3.16. The zero-order chi connectivity index (χ0) is 13.9. The first-order chi connectivity index (χ1) is 9.78. The first kappa shape index (κ1) is 12.4. The molecule has 0 aliphatic carbocycles. The van der Waals surface area contributed by atoms with E-state index in [1.807, 2.05) is 61.7 Å². The Labute approximate surface area is 118 Å². The van der Waals surface area contributed by atoms with Gasteiger partial charge in [0.25, 0.3) is 0 Å². The molecule has 3 nitrogen and oxygen atoms in total. The van der Waals surface area contributed by atoms with Crippen LogP contribution in [0.2, 0.25) is 0 Å². The van der Waals surface area contributed by atoms with E-state index in [1.165, 1.54) is 0 Å². The van der Waals surface area contributed by atoms with Crippen molar-refractivity contribution in [1.29, 1.82) is 0 Å². The summed E-state index contributed by atoms with van der Waals surface area (Å²) in [6.45, 7) is 3.81. The number of benzene rings is 2. The second-order valence-electron chi connectivity index (χ2n) is 4.58. The van der Waals surface area contributed by atoms with Crippen molar-refractivity contribution >= 4 is 6.08 Å². The van der Waals surface area contributed by atoms with Crippen molar-refractivity contribution in [2.45, 2.75) is 0 Å². The van der Waals surface area contributed by atoms with Crippen LogP contribution in [0.3, 0.4) is 0 Å². The van der Waals surface area contributed by atoms with Gasteiger partial charge in [0, 0.05) is 18.2 Å². The standard InChI is InChI=1S/C17H15N3/c1-3-13-8-7-11-15(12-13)17-16(18-20(2)19-17)14-9-5-4-6-10-14/h3-12H,1H2,2H3. The van der Waals surface area contributed by atoms with E-state index in [0.717, 1.165) is 28.1 Å². The summed E-state index contributed by atoms with van der Waals surface area (Å²) in [6, 6.07) is 18.3. The highest BCUT2D eigenvalue weighted by molar-refractivity contribution is 5.78. The van der Waals surface area contributed by atoms with Gasteiger partial charge in [-0.1, -0.05) is 61.2 Å². The Morgan fingerprint density at radius 2 is 1.55 bits per heavy atom. The Morgan fingerprint density at radius 1 is 0.900 bits per heavy atom. The van der Waals surface area contributed by atoms with Crippen molar-refractivity contribution < 1.29 is 0 Å². The smallest absolute Gasteiger partial charge is 0.121 e. The fourth-order valence-corrected chi connectivity index (χ4v) is 2.20. The molecule has 0 unspecified atom stereocenters. The van der Waals surface area contributed by atoms with Crippen molar-refractivity contribution in [2.75, 3.05) is 0 Å². The van der Waals surface area contributed by atoms with Crippen molar-refractivity contribution in [3.8, 4) is 22.5 Å². The highest BCUT2D eigenvalue weighted by atomic mass is 15.5. The summed E-state index contributed by atoms with van der Waals surface area (Å²) in [7, 11) is 1.84. The first-order valence-corrected chi connectivity index (χ1v) is 6.47. The minimum absolute atomic E-state index is 0.891. The van der Waals surface area contributed by atoms with E-state index >= 15 is 0 Å². The topological polar surface area (TPSA) is 30.7 Å². The third kappa shape index (κ3) is 2.26. The molecule has 0 aliphatic rings. The predicted molar refractivity (Wildman–Crippen MR) is 82.0 cm³/mol. The lowest BCUT2D eigenvalue weighted by molar-refractivity contribution is 0.657. The van der Waals surface area contributed by atoms with Crippen molar-refractivity contribution in [3.63, 3.8) is 0 Å². The van der Waals surface area contributed by atoms with Crippen LogP contribution in [0.5, 0.6) is 0 Å². The molecule has 3 aromatic rings. The molecule has 1 heterocycles. The highest BCUT2D eigenvalue weighted by Gasteiger charge is 2.13. The fourth-order valence-electron chi connectivity index (χ4n) is 2.20. The number of hydrogen-bond acceptors (Lipinski definition) is 2. The van der Waals surface area contributed by atoms with Crippen molar-refractivity contribution in [3.05, 3.63) is 66.7 Å². The molecule has 0 aliphatic heterocycles. The molecule has 3 heteroatoms. The molecule has 2 aromatic carbocycles. The number of hydrogen-bond donors (Lipinski definition) is 0. The van der Waals surface area contributed by atoms with E-state index in [9.17, 15) is 0 Å². The van der Waals surface area contributed by atoms with Crippen molar-refractivity contribution in [1.82, 2.24) is 15.0 Å². The van der Waals surface area contributed by atoms with Crippen LogP contribution in [0.25, 0.3) is 28.6 Å². The third-order valence-electron chi connectivity index (χ3n) is 3.16. The Morgan fingerprint density at radius 3 is 2.25 bits per heavy atom. The molecule has 0 radical (unpaired) electrons. The van der Waals surface area contributed by atoms with Crippen LogP contribution in [0.1, 0.15) is 5.56 Å². The van der Waals surface area contributed by atoms with Crippen LogP contribution in [0.4, 0.5) is 0 Å². The van der Waals surface area contributed by atoms with E-state index in [0.29, 0.717) is 0 Å². The zero-order valence-electron chi connectivity index (χ0n) is 11.3. The van der Waals surface area contributed by atoms with Gasteiger partial charge in [0.15, 0.2) is 0 Å². The molecular weight excluding hydrogens is 246 g/mol. The summed E-state index contributed by atoms with van der Waals surface area (Å²) in [5.74, 6) is 0. The predicted octanol–water partition coefficient (Wildman–Crippen LogP) is 3.79. The zero-order valence-corrected chi connectivity index (χ0v) is 11.3. The van der Waals surface area contributed by atoms with E-state index in [-0.39, 0.29) is 0 Å². The summed E-state index contributed by atoms with van der Waals surface area (Å²) in [6.07, 6.45) is 1.84. The van der Waals surface area contributed by atoms with Crippen LogP contribution >= 0.6 is 0 Å². The van der Waals surface area contributed by atoms with Gasteiger partial charge in [-0.05, 0) is 11.6 Å². The molecule has 3 rings (SSSR count). The van der Waals surface area contributed by atoms with Gasteiger partial charge in [-0.2, -0.15) is 15.0 Å². The van der Waals surface area contributed by atoms with Crippen LogP contribution in [0.15, 0.2) is 61.2 Å². The summed E-state index contributed by atoms with van der Waals surface area (Å²) < 4.78 is 0. The molecule has 0 amide bonds. The van der Waals surface area contributed by atoms with E-state index < -0.39 is 0 Å². The van der Waals surface area contributed by atoms with Gasteiger partial charge in [-0.3, -0.25) is 0 Å². The molecule has 1 aromatic heterocycles. The molecule has 0 saturated carbocycles. The Balaban J connectivity index is 2.17. The normalized spacial score (nSPS) is 10.4. The van der Waals surface area contributed by atoms with Crippen LogP contribution < -0.4 is 0 Å². The van der Waals surface area contributed by atoms with Gasteiger partial charge in [0.1, 0.15) is 11.4 Å². The second-order valence-corrected chi connectivity index (χ2v) is 4.58. The Hall–Kier alpha value is -2.68. The first-order valence-electron chi connectivity index (χ1n) is 6.47. The summed E-state index contributed by atoms with van der Waals surface area (Å²) >= 11 is 0. The molecule has 0 N–H and O–H groups in total. The minimum atomic E-state index is 0.891. The van der Waals surface area contributed by atoms with E-state index in [1.54, 1.807) is 4.80 Å². The number of aromatic nitrogens is 3. The lowest BCUT2D eigenvalue weighted by atomic mass is 10.0. The molecule has 98 valence electrons. The van der Waals surface area contributed by atoms with Crippen LogP contribution in [-0.4, -0.2) is 15.0 Å². The van der Waals surface area contributed by atoms with Gasteiger partial charge >= 0.3 is 0 Å². The summed E-state index contributed by atoms with van der Waals surface area (Å²) in [5.41, 5.74) is 4.98. The fraction of sp³-hybridized carbons (Fsp3) is 0.0588. The van der Waals surface area contributed by atoms with Gasteiger partial charge in [-0.25, -0.2) is 0 Å². The minimum Gasteiger partial charge on any atom is -0.187 e. The maximum Gasteiger partial charge on any atom is 0.121 e. The molecule has 0 spiro atoms. The average molecular weight is 261 g/mol. The lowest BCUT2D eigenvalue weighted by Gasteiger charge is -2.02.